The minimum atomic E-state index is -0.910. The summed E-state index contributed by atoms with van der Waals surface area (Å²) in [6.07, 6.45) is 2.48. The lowest BCUT2D eigenvalue weighted by atomic mass is 10.1. The van der Waals surface area contributed by atoms with E-state index in [1.54, 1.807) is 13.8 Å². The van der Waals surface area contributed by atoms with Crippen LogP contribution in [0.4, 0.5) is 0 Å². The lowest BCUT2D eigenvalue weighted by Crippen LogP contribution is -2.45. The molecule has 1 atom stereocenters. The van der Waals surface area contributed by atoms with Gasteiger partial charge in [0.2, 0.25) is 5.91 Å². The number of para-hydroxylation sites is 1. The lowest BCUT2D eigenvalue weighted by molar-refractivity contribution is -0.151. The van der Waals surface area contributed by atoms with Crippen molar-refractivity contribution < 1.29 is 19.1 Å². The number of rotatable bonds is 8. The minimum absolute atomic E-state index is 0.00772. The van der Waals surface area contributed by atoms with Crippen LogP contribution in [-0.4, -0.2) is 47.5 Å². The smallest absolute Gasteiger partial charge is 0.328 e. The summed E-state index contributed by atoms with van der Waals surface area (Å²) in [6, 6.07) is 7.40. The van der Waals surface area contributed by atoms with E-state index in [2.05, 4.69) is 35.4 Å². The number of H-pyrrole nitrogens is 1. The number of esters is 1. The Balaban J connectivity index is 0.000000324. The van der Waals surface area contributed by atoms with Crippen LogP contribution in [0.5, 0.6) is 0 Å². The van der Waals surface area contributed by atoms with Crippen LogP contribution in [0.3, 0.4) is 0 Å². The first-order valence-corrected chi connectivity index (χ1v) is 9.04. The van der Waals surface area contributed by atoms with Gasteiger partial charge in [-0.15, -0.1) is 0 Å². The highest BCUT2D eigenvalue weighted by atomic mass is 16.5. The highest BCUT2D eigenvalue weighted by Gasteiger charge is 2.23. The zero-order chi connectivity index (χ0) is 21.1. The Kier molecular flexibility index (Phi) is 9.59. The van der Waals surface area contributed by atoms with Crippen LogP contribution in [0.15, 0.2) is 30.5 Å². The summed E-state index contributed by atoms with van der Waals surface area (Å²) in [6.45, 7) is 5.23. The Bertz CT molecular complexity index is 813. The SMILES string of the molecule is CC(C)OC(=O)C(CCC(=O)C=N)NC(=O)CN.Cc1c[nH]c2ccccc12. The number of hydrogen-bond acceptors (Lipinski definition) is 6. The number of nitrogens with two attached hydrogens (primary N) is 1. The van der Waals surface area contributed by atoms with Gasteiger partial charge in [-0.25, -0.2) is 4.79 Å². The normalized spacial score (nSPS) is 11.3. The maximum atomic E-state index is 11.7. The third-order valence-corrected chi connectivity index (χ3v) is 3.79. The first-order valence-electron chi connectivity index (χ1n) is 9.04. The fraction of sp³-hybridized carbons (Fsp3) is 0.400. The van der Waals surface area contributed by atoms with E-state index < -0.39 is 23.7 Å². The Labute approximate surface area is 164 Å². The number of amides is 1. The fourth-order valence-electron chi connectivity index (χ4n) is 2.39. The zero-order valence-corrected chi connectivity index (χ0v) is 16.5. The molecule has 0 saturated heterocycles. The van der Waals surface area contributed by atoms with Crippen LogP contribution in [0.2, 0.25) is 0 Å². The summed E-state index contributed by atoms with van der Waals surface area (Å²) in [4.78, 5) is 37.0. The second-order valence-electron chi connectivity index (χ2n) is 6.48. The van der Waals surface area contributed by atoms with Crippen molar-refractivity contribution in [2.75, 3.05) is 6.54 Å². The minimum Gasteiger partial charge on any atom is -0.461 e. The molecule has 0 fully saturated rings. The molecule has 2 aromatic rings. The quantitative estimate of drug-likeness (QED) is 0.404. The Morgan fingerprint density at radius 2 is 1.96 bits per heavy atom. The predicted octanol–water partition coefficient (Wildman–Crippen LogP) is 1.86. The van der Waals surface area contributed by atoms with Gasteiger partial charge in [-0.05, 0) is 38.8 Å². The Morgan fingerprint density at radius 3 is 2.54 bits per heavy atom. The molecular formula is C20H28N4O4. The molecule has 1 aromatic carbocycles. The van der Waals surface area contributed by atoms with Gasteiger partial charge < -0.3 is 26.2 Å². The van der Waals surface area contributed by atoms with E-state index in [4.69, 9.17) is 15.9 Å². The number of ketones is 1. The number of hydrogen-bond donors (Lipinski definition) is 4. The van der Waals surface area contributed by atoms with Crippen molar-refractivity contribution in [1.82, 2.24) is 10.3 Å². The molecule has 0 saturated carbocycles. The molecule has 5 N–H and O–H groups in total. The van der Waals surface area contributed by atoms with Crippen LogP contribution in [0, 0.1) is 12.3 Å². The number of ether oxygens (including phenoxy) is 1. The molecule has 1 amide bonds. The van der Waals surface area contributed by atoms with Crippen molar-refractivity contribution in [3.8, 4) is 0 Å². The van der Waals surface area contributed by atoms with Crippen molar-refractivity contribution in [2.45, 2.75) is 45.8 Å². The number of aromatic amines is 1. The van der Waals surface area contributed by atoms with Crippen LogP contribution < -0.4 is 11.1 Å². The number of benzene rings is 1. The summed E-state index contributed by atoms with van der Waals surface area (Å²) in [5.41, 5.74) is 7.67. The average Bonchev–Trinajstić information content (AvgIpc) is 3.05. The van der Waals surface area contributed by atoms with Crippen molar-refractivity contribution >= 4 is 34.8 Å². The van der Waals surface area contributed by atoms with Gasteiger partial charge in [0.25, 0.3) is 0 Å². The molecule has 0 spiro atoms. The first kappa shape index (κ1) is 23.0. The molecule has 152 valence electrons. The van der Waals surface area contributed by atoms with E-state index in [-0.39, 0.29) is 25.5 Å². The number of carbonyl (C=O) groups is 3. The van der Waals surface area contributed by atoms with Crippen LogP contribution in [0.25, 0.3) is 10.9 Å². The number of carbonyl (C=O) groups excluding carboxylic acids is 3. The third kappa shape index (κ3) is 7.71. The summed E-state index contributed by atoms with van der Waals surface area (Å²) in [5, 5.41) is 10.5. The van der Waals surface area contributed by atoms with Gasteiger partial charge in [0.15, 0.2) is 5.78 Å². The van der Waals surface area contributed by atoms with Gasteiger partial charge in [0.05, 0.1) is 18.9 Å². The molecule has 0 bridgehead atoms. The molecule has 1 aromatic heterocycles. The summed E-state index contributed by atoms with van der Waals surface area (Å²) in [5.74, 6) is -1.52. The monoisotopic (exact) mass is 388 g/mol. The maximum absolute atomic E-state index is 11.7. The first-order chi connectivity index (χ1) is 13.3. The molecule has 1 heterocycles. The lowest BCUT2D eigenvalue weighted by Gasteiger charge is -2.18. The van der Waals surface area contributed by atoms with E-state index in [1.807, 2.05) is 12.3 Å². The Hall–Kier alpha value is -3.00. The van der Waals surface area contributed by atoms with Crippen molar-refractivity contribution in [3.63, 3.8) is 0 Å². The molecule has 0 aliphatic rings. The van der Waals surface area contributed by atoms with Crippen LogP contribution >= 0.6 is 0 Å². The van der Waals surface area contributed by atoms with Crippen molar-refractivity contribution in [1.29, 1.82) is 5.41 Å². The third-order valence-electron chi connectivity index (χ3n) is 3.79. The molecule has 1 unspecified atom stereocenters. The molecular weight excluding hydrogens is 360 g/mol. The summed E-state index contributed by atoms with van der Waals surface area (Å²) >= 11 is 0. The molecule has 8 nitrogen and oxygen atoms in total. The Morgan fingerprint density at radius 1 is 1.29 bits per heavy atom. The molecule has 28 heavy (non-hydrogen) atoms. The van der Waals surface area contributed by atoms with Crippen LogP contribution in [0.1, 0.15) is 32.3 Å². The number of Topliss-reactive ketones (excluding diaryl/α,β-unsaturated/α-hetero) is 1. The highest BCUT2D eigenvalue weighted by molar-refractivity contribution is 6.26. The second kappa shape index (κ2) is 11.7. The topological polar surface area (TPSA) is 138 Å². The van der Waals surface area contributed by atoms with Gasteiger partial charge in [0.1, 0.15) is 6.04 Å². The summed E-state index contributed by atoms with van der Waals surface area (Å²) < 4.78 is 4.96. The molecule has 0 radical (unpaired) electrons. The number of nitrogens with one attached hydrogen (secondary N) is 3. The number of aryl methyl sites for hydroxylation is 1. The molecule has 0 aliphatic carbocycles. The van der Waals surface area contributed by atoms with Crippen molar-refractivity contribution in [3.05, 3.63) is 36.0 Å². The van der Waals surface area contributed by atoms with Gasteiger partial charge >= 0.3 is 5.97 Å². The van der Waals surface area contributed by atoms with E-state index in [0.29, 0.717) is 6.21 Å². The van der Waals surface area contributed by atoms with Gasteiger partial charge in [-0.1, -0.05) is 18.2 Å². The number of aromatic nitrogens is 1. The number of fused-ring (bicyclic) bond motifs is 1. The fourth-order valence-corrected chi connectivity index (χ4v) is 2.39. The largest absolute Gasteiger partial charge is 0.461 e. The van der Waals surface area contributed by atoms with Gasteiger partial charge in [0, 0.05) is 23.5 Å². The van der Waals surface area contributed by atoms with Gasteiger partial charge in [-0.2, -0.15) is 0 Å². The maximum Gasteiger partial charge on any atom is 0.328 e. The summed E-state index contributed by atoms with van der Waals surface area (Å²) in [7, 11) is 0. The predicted molar refractivity (Wildman–Crippen MR) is 108 cm³/mol. The van der Waals surface area contributed by atoms with Crippen molar-refractivity contribution in [2.24, 2.45) is 5.73 Å². The zero-order valence-electron chi connectivity index (χ0n) is 16.5. The molecule has 2 rings (SSSR count). The molecule has 0 aliphatic heterocycles. The van der Waals surface area contributed by atoms with Gasteiger partial charge in [-0.3, -0.25) is 9.59 Å². The standard InChI is InChI=1S/C11H19N3O4.C9H9N/c1-7(2)18-11(17)9(14-10(16)6-13)4-3-8(15)5-12;1-7-6-10-9-5-3-2-4-8(7)9/h5,7,9,12H,3-4,6,13H2,1-2H3,(H,14,16);2-6,10H,1H3. The van der Waals surface area contributed by atoms with E-state index in [1.165, 1.54) is 16.5 Å². The van der Waals surface area contributed by atoms with E-state index in [0.717, 1.165) is 0 Å². The molecule has 8 heteroatoms. The van der Waals surface area contributed by atoms with E-state index in [9.17, 15) is 14.4 Å². The van der Waals surface area contributed by atoms with E-state index >= 15 is 0 Å². The second-order valence-corrected chi connectivity index (χ2v) is 6.48. The average molecular weight is 388 g/mol. The van der Waals surface area contributed by atoms with Crippen LogP contribution in [-0.2, 0) is 19.1 Å². The highest BCUT2D eigenvalue weighted by Crippen LogP contribution is 2.15.